The lowest BCUT2D eigenvalue weighted by atomic mass is 10.0. The molecule has 108 valence electrons. The summed E-state index contributed by atoms with van der Waals surface area (Å²) in [6, 6.07) is 2.77. The number of rotatable bonds is 2. The van der Waals surface area contributed by atoms with Gasteiger partial charge in [-0.3, -0.25) is 0 Å². The summed E-state index contributed by atoms with van der Waals surface area (Å²) in [5, 5.41) is 8.84. The Labute approximate surface area is 116 Å². The van der Waals surface area contributed by atoms with E-state index < -0.39 is 40.4 Å². The molecule has 1 aromatic heterocycles. The minimum absolute atomic E-state index is 0.145. The molecule has 1 aromatic carbocycles. The minimum atomic E-state index is -1.42. The smallest absolute Gasteiger partial charge is 0.354 e. The largest absolute Gasteiger partial charge is 0.490 e. The van der Waals surface area contributed by atoms with E-state index in [1.165, 1.54) is 0 Å². The summed E-state index contributed by atoms with van der Waals surface area (Å²) in [6.45, 7) is 0.209. The molecule has 2 heterocycles. The van der Waals surface area contributed by atoms with Gasteiger partial charge in [-0.25, -0.2) is 22.9 Å². The zero-order valence-corrected chi connectivity index (χ0v) is 10.5. The van der Waals surface area contributed by atoms with Crippen molar-refractivity contribution in [2.45, 2.75) is 6.42 Å². The molecule has 7 heteroatoms. The first-order valence-corrected chi connectivity index (χ1v) is 6.03. The molecule has 0 saturated heterocycles. The van der Waals surface area contributed by atoms with Crippen LogP contribution in [0.25, 0.3) is 11.3 Å². The molecule has 2 aromatic rings. The van der Waals surface area contributed by atoms with Gasteiger partial charge in [-0.05, 0) is 18.2 Å². The van der Waals surface area contributed by atoms with Crippen LogP contribution in [0.4, 0.5) is 13.2 Å². The Balaban J connectivity index is 2.26. The maximum atomic E-state index is 14.3. The fraction of sp³-hybridized carbons (Fsp3) is 0.143. The summed E-state index contributed by atoms with van der Waals surface area (Å²) >= 11 is 0. The molecule has 1 aliphatic heterocycles. The Bertz CT molecular complexity index is 762. The molecule has 1 N–H and O–H groups in total. The van der Waals surface area contributed by atoms with Gasteiger partial charge in [-0.1, -0.05) is 0 Å². The average Bonchev–Trinajstić information content (AvgIpc) is 2.88. The number of ether oxygens (including phenoxy) is 1. The van der Waals surface area contributed by atoms with Crippen LogP contribution in [0.15, 0.2) is 18.2 Å². The van der Waals surface area contributed by atoms with Crippen molar-refractivity contribution in [3.05, 3.63) is 46.9 Å². The third-order valence-corrected chi connectivity index (χ3v) is 3.17. The number of fused-ring (bicyclic) bond motifs is 1. The lowest BCUT2D eigenvalue weighted by Crippen LogP contribution is -2.05. The van der Waals surface area contributed by atoms with E-state index in [4.69, 9.17) is 9.84 Å². The number of halogens is 3. The van der Waals surface area contributed by atoms with Gasteiger partial charge in [0.15, 0.2) is 11.6 Å². The SMILES string of the molecule is O=C(O)c1ccc(F)c(-c2c(F)cc3c(c2F)OCC3)n1. The van der Waals surface area contributed by atoms with Crippen LogP contribution in [0.1, 0.15) is 16.1 Å². The molecule has 0 aliphatic carbocycles. The highest BCUT2D eigenvalue weighted by Gasteiger charge is 2.27. The van der Waals surface area contributed by atoms with Gasteiger partial charge in [0.1, 0.15) is 23.0 Å². The monoisotopic (exact) mass is 295 g/mol. The molecule has 0 unspecified atom stereocenters. The first-order valence-electron chi connectivity index (χ1n) is 6.03. The first kappa shape index (κ1) is 13.4. The highest BCUT2D eigenvalue weighted by Crippen LogP contribution is 2.37. The summed E-state index contributed by atoms with van der Waals surface area (Å²) in [6.07, 6.45) is 0.356. The predicted octanol–water partition coefficient (Wildman–Crippen LogP) is 2.80. The van der Waals surface area contributed by atoms with Crippen LogP contribution < -0.4 is 4.74 Å². The van der Waals surface area contributed by atoms with Crippen LogP contribution >= 0.6 is 0 Å². The Morgan fingerprint density at radius 3 is 2.71 bits per heavy atom. The Morgan fingerprint density at radius 1 is 1.24 bits per heavy atom. The number of hydrogen-bond acceptors (Lipinski definition) is 3. The molecule has 3 rings (SSSR count). The Kier molecular flexibility index (Phi) is 3.04. The van der Waals surface area contributed by atoms with Gasteiger partial charge in [-0.2, -0.15) is 0 Å². The van der Waals surface area contributed by atoms with Crippen molar-refractivity contribution in [3.63, 3.8) is 0 Å². The molecule has 21 heavy (non-hydrogen) atoms. The second-order valence-electron chi connectivity index (χ2n) is 4.47. The van der Waals surface area contributed by atoms with Crippen molar-refractivity contribution in [1.82, 2.24) is 4.98 Å². The fourth-order valence-corrected chi connectivity index (χ4v) is 2.21. The molecular formula is C14H8F3NO3. The van der Waals surface area contributed by atoms with Crippen LogP contribution in [0.2, 0.25) is 0 Å². The minimum Gasteiger partial charge on any atom is -0.490 e. The van der Waals surface area contributed by atoms with Gasteiger partial charge < -0.3 is 9.84 Å². The number of carboxylic acid groups (broad SMARTS) is 1. The van der Waals surface area contributed by atoms with Gasteiger partial charge in [0.05, 0.1) is 12.2 Å². The highest BCUT2D eigenvalue weighted by atomic mass is 19.1. The number of carbonyl (C=O) groups is 1. The second-order valence-corrected chi connectivity index (χ2v) is 4.47. The van der Waals surface area contributed by atoms with E-state index >= 15 is 0 Å². The summed E-state index contributed by atoms with van der Waals surface area (Å²) in [5.41, 5.74) is -1.57. The van der Waals surface area contributed by atoms with Gasteiger partial charge in [0.25, 0.3) is 0 Å². The van der Waals surface area contributed by atoms with Gasteiger partial charge in [0.2, 0.25) is 0 Å². The van der Waals surface area contributed by atoms with Gasteiger partial charge in [-0.15, -0.1) is 0 Å². The van der Waals surface area contributed by atoms with E-state index in [1.54, 1.807) is 0 Å². The standard InChI is InChI=1S/C14H8F3NO3/c15-7-1-2-9(14(19)20)18-12(7)10-8(16)5-6-3-4-21-13(6)11(10)17/h1-2,5H,3-4H2,(H,19,20). The number of hydrogen-bond donors (Lipinski definition) is 1. The molecule has 0 radical (unpaired) electrons. The third kappa shape index (κ3) is 2.10. The van der Waals surface area contributed by atoms with Crippen molar-refractivity contribution in [1.29, 1.82) is 0 Å². The maximum absolute atomic E-state index is 14.3. The van der Waals surface area contributed by atoms with Crippen LogP contribution in [0.5, 0.6) is 5.75 Å². The van der Waals surface area contributed by atoms with Crippen molar-refractivity contribution in [2.75, 3.05) is 6.61 Å². The van der Waals surface area contributed by atoms with Gasteiger partial charge >= 0.3 is 5.97 Å². The molecular weight excluding hydrogens is 287 g/mol. The number of aromatic nitrogens is 1. The number of benzene rings is 1. The lowest BCUT2D eigenvalue weighted by molar-refractivity contribution is 0.0690. The van der Waals surface area contributed by atoms with E-state index in [9.17, 15) is 18.0 Å². The summed E-state index contributed by atoms with van der Waals surface area (Å²) in [7, 11) is 0. The van der Waals surface area contributed by atoms with Crippen molar-refractivity contribution >= 4 is 5.97 Å². The number of carboxylic acids is 1. The molecule has 0 saturated carbocycles. The molecule has 0 bridgehead atoms. The number of nitrogens with zero attached hydrogens (tertiary/aromatic N) is 1. The summed E-state index contributed by atoms with van der Waals surface area (Å²) in [4.78, 5) is 14.3. The van der Waals surface area contributed by atoms with E-state index in [0.29, 0.717) is 12.0 Å². The van der Waals surface area contributed by atoms with Crippen molar-refractivity contribution in [2.24, 2.45) is 0 Å². The molecule has 0 amide bonds. The Morgan fingerprint density at radius 2 is 2.00 bits per heavy atom. The fourth-order valence-electron chi connectivity index (χ4n) is 2.21. The molecule has 0 spiro atoms. The van der Waals surface area contributed by atoms with Gasteiger partial charge in [0, 0.05) is 12.0 Å². The van der Waals surface area contributed by atoms with Crippen LogP contribution in [-0.4, -0.2) is 22.7 Å². The predicted molar refractivity (Wildman–Crippen MR) is 65.7 cm³/mol. The van der Waals surface area contributed by atoms with Crippen LogP contribution in [0, 0.1) is 17.5 Å². The molecule has 0 fully saturated rings. The zero-order valence-electron chi connectivity index (χ0n) is 10.5. The molecule has 1 aliphatic rings. The zero-order chi connectivity index (χ0) is 15.1. The third-order valence-electron chi connectivity index (χ3n) is 3.17. The second kappa shape index (κ2) is 4.76. The quantitative estimate of drug-likeness (QED) is 0.925. The normalized spacial score (nSPS) is 12.9. The molecule has 4 nitrogen and oxygen atoms in total. The van der Waals surface area contributed by atoms with E-state index in [1.807, 2.05) is 0 Å². The summed E-state index contributed by atoms with van der Waals surface area (Å²) < 4.78 is 47.2. The average molecular weight is 295 g/mol. The summed E-state index contributed by atoms with van der Waals surface area (Å²) in [5.74, 6) is -4.67. The van der Waals surface area contributed by atoms with Crippen LogP contribution in [-0.2, 0) is 6.42 Å². The van der Waals surface area contributed by atoms with E-state index in [-0.39, 0.29) is 12.4 Å². The van der Waals surface area contributed by atoms with Crippen LogP contribution in [0.3, 0.4) is 0 Å². The maximum Gasteiger partial charge on any atom is 0.354 e. The van der Waals surface area contributed by atoms with Crippen molar-refractivity contribution in [3.8, 4) is 17.0 Å². The van der Waals surface area contributed by atoms with E-state index in [0.717, 1.165) is 18.2 Å². The van der Waals surface area contributed by atoms with E-state index in [2.05, 4.69) is 4.98 Å². The number of pyridine rings is 1. The Hall–Kier alpha value is -2.57. The molecule has 0 atom stereocenters. The first-order chi connectivity index (χ1) is 9.99. The van der Waals surface area contributed by atoms with Crippen molar-refractivity contribution < 1.29 is 27.8 Å². The topological polar surface area (TPSA) is 59.4 Å². The number of aromatic carboxylic acids is 1. The lowest BCUT2D eigenvalue weighted by Gasteiger charge is -2.10. The highest BCUT2D eigenvalue weighted by molar-refractivity contribution is 5.86.